The molecule has 10 heteroatoms. The molecule has 0 bridgehead atoms. The molecular formula is C21H22Cl2N6O2. The van der Waals surface area contributed by atoms with E-state index in [1.54, 1.807) is 13.2 Å². The smallest absolute Gasteiger partial charge is 0.159 e. The molecule has 162 valence electrons. The number of methoxy groups -OCH3 is 1. The number of anilines is 2. The zero-order valence-corrected chi connectivity index (χ0v) is 18.4. The SMILES string of the molecule is COc1ccc(CNc2nnc(N3CCN(O)CC3)c3ccc(C#N)cc23)cc1Cl.Cl. The van der Waals surface area contributed by atoms with E-state index in [1.165, 1.54) is 5.06 Å². The number of fused-ring (bicyclic) bond motifs is 1. The quantitative estimate of drug-likeness (QED) is 0.594. The molecule has 0 saturated carbocycles. The first-order chi connectivity index (χ1) is 14.6. The van der Waals surface area contributed by atoms with E-state index < -0.39 is 0 Å². The molecule has 3 aromatic rings. The summed E-state index contributed by atoms with van der Waals surface area (Å²) < 4.78 is 5.19. The van der Waals surface area contributed by atoms with Gasteiger partial charge in [-0.15, -0.1) is 22.6 Å². The van der Waals surface area contributed by atoms with Gasteiger partial charge in [0.1, 0.15) is 5.75 Å². The zero-order chi connectivity index (χ0) is 21.1. The van der Waals surface area contributed by atoms with Crippen LogP contribution in [-0.4, -0.2) is 53.8 Å². The summed E-state index contributed by atoms with van der Waals surface area (Å²) in [5.41, 5.74) is 1.52. The summed E-state index contributed by atoms with van der Waals surface area (Å²) in [6, 6.07) is 13.3. The molecule has 0 radical (unpaired) electrons. The lowest BCUT2D eigenvalue weighted by Crippen LogP contribution is -2.45. The highest BCUT2D eigenvalue weighted by Crippen LogP contribution is 2.31. The van der Waals surface area contributed by atoms with Crippen LogP contribution in [0, 0.1) is 11.3 Å². The van der Waals surface area contributed by atoms with Gasteiger partial charge in [0.25, 0.3) is 0 Å². The lowest BCUT2D eigenvalue weighted by molar-refractivity contribution is -0.0936. The third kappa shape index (κ3) is 4.92. The maximum atomic E-state index is 9.64. The second-order valence-corrected chi connectivity index (χ2v) is 7.41. The lowest BCUT2D eigenvalue weighted by Gasteiger charge is -2.32. The molecule has 0 atom stereocenters. The number of nitrogens with one attached hydrogen (secondary N) is 1. The molecule has 4 rings (SSSR count). The average Bonchev–Trinajstić information content (AvgIpc) is 2.77. The molecule has 1 aromatic heterocycles. The number of nitrogens with zero attached hydrogens (tertiary/aromatic N) is 5. The number of piperazine rings is 1. The number of nitriles is 1. The van der Waals surface area contributed by atoms with Crippen LogP contribution >= 0.6 is 24.0 Å². The minimum Gasteiger partial charge on any atom is -0.495 e. The first-order valence-electron chi connectivity index (χ1n) is 9.54. The topological polar surface area (TPSA) is 97.5 Å². The second kappa shape index (κ2) is 9.98. The Hall–Kier alpha value is -2.83. The van der Waals surface area contributed by atoms with Gasteiger partial charge in [0.05, 0.1) is 23.8 Å². The molecule has 1 saturated heterocycles. The molecule has 0 spiro atoms. The van der Waals surface area contributed by atoms with E-state index in [2.05, 4.69) is 26.5 Å². The number of aromatic nitrogens is 2. The summed E-state index contributed by atoms with van der Waals surface area (Å²) in [6.07, 6.45) is 0. The third-order valence-corrected chi connectivity index (χ3v) is 5.42. The minimum atomic E-state index is 0. The summed E-state index contributed by atoms with van der Waals surface area (Å²) in [7, 11) is 1.58. The maximum absolute atomic E-state index is 9.64. The number of hydroxylamine groups is 2. The van der Waals surface area contributed by atoms with Gasteiger partial charge in [-0.1, -0.05) is 17.7 Å². The Kier molecular flexibility index (Phi) is 7.36. The first-order valence-corrected chi connectivity index (χ1v) is 9.92. The fourth-order valence-electron chi connectivity index (χ4n) is 3.49. The third-order valence-electron chi connectivity index (χ3n) is 5.12. The Balaban J connectivity index is 0.00000272. The zero-order valence-electron chi connectivity index (χ0n) is 16.9. The van der Waals surface area contributed by atoms with E-state index in [-0.39, 0.29) is 12.4 Å². The Morgan fingerprint density at radius 2 is 1.90 bits per heavy atom. The highest BCUT2D eigenvalue weighted by molar-refractivity contribution is 6.32. The van der Waals surface area contributed by atoms with Crippen molar-refractivity contribution in [2.24, 2.45) is 0 Å². The van der Waals surface area contributed by atoms with Crippen molar-refractivity contribution in [3.8, 4) is 11.8 Å². The van der Waals surface area contributed by atoms with Gasteiger partial charge in [-0.3, -0.25) is 0 Å². The molecule has 8 nitrogen and oxygen atoms in total. The van der Waals surface area contributed by atoms with Gasteiger partial charge in [-0.25, -0.2) is 0 Å². The van der Waals surface area contributed by atoms with E-state index in [0.29, 0.717) is 54.9 Å². The van der Waals surface area contributed by atoms with Gasteiger partial charge >= 0.3 is 0 Å². The van der Waals surface area contributed by atoms with Gasteiger partial charge in [-0.2, -0.15) is 10.3 Å². The Morgan fingerprint density at radius 3 is 2.58 bits per heavy atom. The van der Waals surface area contributed by atoms with Crippen molar-refractivity contribution < 1.29 is 9.94 Å². The van der Waals surface area contributed by atoms with Crippen LogP contribution in [0.5, 0.6) is 5.75 Å². The van der Waals surface area contributed by atoms with Crippen molar-refractivity contribution in [3.05, 3.63) is 52.5 Å². The van der Waals surface area contributed by atoms with Gasteiger partial charge in [0.15, 0.2) is 11.6 Å². The summed E-state index contributed by atoms with van der Waals surface area (Å²) in [5.74, 6) is 1.97. The molecule has 1 aliphatic rings. The Bertz CT molecular complexity index is 1110. The molecule has 0 aliphatic carbocycles. The van der Waals surface area contributed by atoms with Crippen LogP contribution in [0.2, 0.25) is 5.02 Å². The molecule has 1 aliphatic heterocycles. The van der Waals surface area contributed by atoms with Crippen molar-refractivity contribution in [2.45, 2.75) is 6.54 Å². The maximum Gasteiger partial charge on any atom is 0.159 e. The number of hydrogen-bond donors (Lipinski definition) is 2. The van der Waals surface area contributed by atoms with Crippen molar-refractivity contribution in [2.75, 3.05) is 43.5 Å². The van der Waals surface area contributed by atoms with E-state index in [0.717, 1.165) is 22.2 Å². The van der Waals surface area contributed by atoms with Crippen LogP contribution in [-0.2, 0) is 6.54 Å². The van der Waals surface area contributed by atoms with Crippen molar-refractivity contribution in [1.29, 1.82) is 5.26 Å². The standard InChI is InChI=1S/C21H21ClN6O2.ClH/c1-30-19-5-3-15(11-18(19)22)13-24-20-17-10-14(12-23)2-4-16(17)21(26-25-20)27-6-8-28(29)9-7-27;/h2-5,10-11,29H,6-9,13H2,1H3,(H,24,25);1H. The van der Waals surface area contributed by atoms with Crippen LogP contribution in [0.4, 0.5) is 11.6 Å². The molecule has 31 heavy (non-hydrogen) atoms. The van der Waals surface area contributed by atoms with Gasteiger partial charge in [0.2, 0.25) is 0 Å². The monoisotopic (exact) mass is 460 g/mol. The molecular weight excluding hydrogens is 439 g/mol. The summed E-state index contributed by atoms with van der Waals surface area (Å²) in [6.45, 7) is 2.87. The Labute approximate surface area is 191 Å². The van der Waals surface area contributed by atoms with Gasteiger partial charge in [-0.05, 0) is 35.9 Å². The van der Waals surface area contributed by atoms with Crippen molar-refractivity contribution in [3.63, 3.8) is 0 Å². The van der Waals surface area contributed by atoms with Crippen molar-refractivity contribution in [1.82, 2.24) is 15.3 Å². The number of ether oxygens (including phenoxy) is 1. The molecule has 0 amide bonds. The summed E-state index contributed by atoms with van der Waals surface area (Å²) in [5, 5.41) is 34.7. The fourth-order valence-corrected chi connectivity index (χ4v) is 3.77. The highest BCUT2D eigenvalue weighted by atomic mass is 35.5. The summed E-state index contributed by atoms with van der Waals surface area (Å²) in [4.78, 5) is 2.10. The first kappa shape index (κ1) is 22.8. The highest BCUT2D eigenvalue weighted by Gasteiger charge is 2.20. The van der Waals surface area contributed by atoms with Crippen LogP contribution in [0.15, 0.2) is 36.4 Å². The fraction of sp³-hybridized carbons (Fsp3) is 0.286. The van der Waals surface area contributed by atoms with E-state index >= 15 is 0 Å². The average molecular weight is 461 g/mol. The Morgan fingerprint density at radius 1 is 1.13 bits per heavy atom. The minimum absolute atomic E-state index is 0. The van der Waals surface area contributed by atoms with Crippen LogP contribution in [0.1, 0.15) is 11.1 Å². The molecule has 2 N–H and O–H groups in total. The molecule has 0 unspecified atom stereocenters. The largest absolute Gasteiger partial charge is 0.495 e. The predicted octanol–water partition coefficient (Wildman–Crippen LogP) is 3.71. The van der Waals surface area contributed by atoms with E-state index in [9.17, 15) is 10.5 Å². The number of hydrogen-bond acceptors (Lipinski definition) is 8. The van der Waals surface area contributed by atoms with E-state index in [1.807, 2.05) is 30.3 Å². The molecule has 2 heterocycles. The lowest BCUT2D eigenvalue weighted by atomic mass is 10.1. The second-order valence-electron chi connectivity index (χ2n) is 7.01. The van der Waals surface area contributed by atoms with Gasteiger partial charge < -0.3 is 20.2 Å². The van der Waals surface area contributed by atoms with Crippen LogP contribution < -0.4 is 15.0 Å². The van der Waals surface area contributed by atoms with Crippen molar-refractivity contribution >= 4 is 46.4 Å². The summed E-state index contributed by atoms with van der Waals surface area (Å²) >= 11 is 6.22. The molecule has 2 aromatic carbocycles. The van der Waals surface area contributed by atoms with Crippen LogP contribution in [0.3, 0.4) is 0 Å². The molecule has 1 fully saturated rings. The predicted molar refractivity (Wildman–Crippen MR) is 122 cm³/mol. The van der Waals surface area contributed by atoms with Crippen LogP contribution in [0.25, 0.3) is 10.8 Å². The number of rotatable bonds is 5. The number of benzene rings is 2. The van der Waals surface area contributed by atoms with Gasteiger partial charge in [0, 0.05) is 43.5 Å². The number of halogens is 2. The normalized spacial score (nSPS) is 14.1. The van der Waals surface area contributed by atoms with E-state index in [4.69, 9.17) is 16.3 Å².